The van der Waals surface area contributed by atoms with Gasteiger partial charge < -0.3 is 14.4 Å². The molecule has 1 fully saturated rings. The van der Waals surface area contributed by atoms with Gasteiger partial charge in [0.2, 0.25) is 11.5 Å². The first-order valence-corrected chi connectivity index (χ1v) is 7.99. The lowest BCUT2D eigenvalue weighted by molar-refractivity contribution is -0.133. The van der Waals surface area contributed by atoms with Crippen LogP contribution in [0, 0.1) is 0 Å². The van der Waals surface area contributed by atoms with Crippen molar-refractivity contribution in [3.63, 3.8) is 0 Å². The van der Waals surface area contributed by atoms with Gasteiger partial charge in [-0.15, -0.1) is 0 Å². The van der Waals surface area contributed by atoms with E-state index in [0.29, 0.717) is 11.1 Å². The second-order valence-electron chi connectivity index (χ2n) is 6.17. The molecule has 0 radical (unpaired) electrons. The number of aliphatic hydroxyl groups is 1. The van der Waals surface area contributed by atoms with E-state index in [1.807, 2.05) is 6.07 Å². The van der Waals surface area contributed by atoms with E-state index < -0.39 is 23.7 Å². The van der Waals surface area contributed by atoms with Crippen molar-refractivity contribution in [2.45, 2.75) is 25.2 Å². The fourth-order valence-corrected chi connectivity index (χ4v) is 3.30. The minimum absolute atomic E-state index is 0.0703. The quantitative estimate of drug-likeness (QED) is 0.767. The number of amides is 1. The Bertz CT molecular complexity index is 1010. The lowest BCUT2D eigenvalue weighted by Crippen LogP contribution is -2.41. The third-order valence-corrected chi connectivity index (χ3v) is 4.55. The summed E-state index contributed by atoms with van der Waals surface area (Å²) in [6.45, 7) is -0.650. The summed E-state index contributed by atoms with van der Waals surface area (Å²) in [6, 6.07) is 6.61. The molecular formula is C17H16FN3O4. The Morgan fingerprint density at radius 2 is 2.20 bits per heavy atom. The Morgan fingerprint density at radius 1 is 1.40 bits per heavy atom. The SMILES string of the molecule is O=C(Cn1cnc2c(oc3ccccc32)c1=O)N1C[C@@H](F)C[C@H]1CO. The Kier molecular flexibility index (Phi) is 3.76. The van der Waals surface area contributed by atoms with Crippen LogP contribution in [0.2, 0.25) is 0 Å². The van der Waals surface area contributed by atoms with Gasteiger partial charge in [-0.3, -0.25) is 14.2 Å². The van der Waals surface area contributed by atoms with Gasteiger partial charge in [0.1, 0.15) is 23.8 Å². The van der Waals surface area contributed by atoms with E-state index >= 15 is 0 Å². The van der Waals surface area contributed by atoms with Crippen LogP contribution < -0.4 is 5.56 Å². The van der Waals surface area contributed by atoms with Gasteiger partial charge in [-0.05, 0) is 12.1 Å². The van der Waals surface area contributed by atoms with Crippen molar-refractivity contribution >= 4 is 28.0 Å². The van der Waals surface area contributed by atoms with Crippen molar-refractivity contribution in [1.29, 1.82) is 0 Å². The van der Waals surface area contributed by atoms with Crippen LogP contribution in [-0.4, -0.2) is 50.8 Å². The topological polar surface area (TPSA) is 88.6 Å². The number of likely N-dealkylation sites (tertiary alicyclic amines) is 1. The molecule has 4 rings (SSSR count). The summed E-state index contributed by atoms with van der Waals surface area (Å²) >= 11 is 0. The highest BCUT2D eigenvalue weighted by molar-refractivity contribution is 6.01. The number of nitrogens with zero attached hydrogens (tertiary/aromatic N) is 3. The van der Waals surface area contributed by atoms with Crippen molar-refractivity contribution in [3.8, 4) is 0 Å². The van der Waals surface area contributed by atoms with Crippen molar-refractivity contribution in [1.82, 2.24) is 14.5 Å². The molecule has 1 aliphatic heterocycles. The summed E-state index contributed by atoms with van der Waals surface area (Å²) in [6.07, 6.45) is 0.244. The van der Waals surface area contributed by atoms with E-state index in [-0.39, 0.29) is 31.7 Å². The number of rotatable bonds is 3. The zero-order valence-electron chi connectivity index (χ0n) is 13.3. The van der Waals surface area contributed by atoms with Crippen LogP contribution in [0.3, 0.4) is 0 Å². The molecule has 0 unspecified atom stereocenters. The van der Waals surface area contributed by atoms with E-state index in [4.69, 9.17) is 4.42 Å². The maximum Gasteiger partial charge on any atom is 0.297 e. The van der Waals surface area contributed by atoms with Crippen LogP contribution >= 0.6 is 0 Å². The summed E-state index contributed by atoms with van der Waals surface area (Å²) in [5, 5.41) is 10.0. The number of hydrogen-bond acceptors (Lipinski definition) is 5. The molecular weight excluding hydrogens is 329 g/mol. The number of fused-ring (bicyclic) bond motifs is 3. The molecule has 1 aliphatic rings. The Hall–Kier alpha value is -2.74. The number of para-hydroxylation sites is 1. The average molecular weight is 345 g/mol. The zero-order valence-corrected chi connectivity index (χ0v) is 13.3. The number of halogens is 1. The van der Waals surface area contributed by atoms with Crippen LogP contribution in [0.5, 0.6) is 0 Å². The van der Waals surface area contributed by atoms with Crippen LogP contribution in [0.1, 0.15) is 6.42 Å². The van der Waals surface area contributed by atoms with Gasteiger partial charge in [0.05, 0.1) is 25.5 Å². The minimum atomic E-state index is -1.16. The normalized spacial score (nSPS) is 20.6. The Balaban J connectivity index is 1.68. The fourth-order valence-electron chi connectivity index (χ4n) is 3.30. The van der Waals surface area contributed by atoms with Gasteiger partial charge in [0.25, 0.3) is 5.56 Å². The van der Waals surface area contributed by atoms with E-state index in [2.05, 4.69) is 4.98 Å². The van der Waals surface area contributed by atoms with E-state index in [1.165, 1.54) is 11.2 Å². The molecule has 1 aromatic carbocycles. The van der Waals surface area contributed by atoms with Crippen molar-refractivity contribution in [3.05, 3.63) is 40.9 Å². The molecule has 3 heterocycles. The predicted octanol–water partition coefficient (Wildman–Crippen LogP) is 1.07. The number of benzene rings is 1. The number of hydrogen-bond donors (Lipinski definition) is 1. The number of alkyl halides is 1. The molecule has 3 aromatic rings. The van der Waals surface area contributed by atoms with E-state index in [1.54, 1.807) is 18.2 Å². The number of carbonyl (C=O) groups is 1. The highest BCUT2D eigenvalue weighted by atomic mass is 19.1. The summed E-state index contributed by atoms with van der Waals surface area (Å²) < 4.78 is 20.2. The number of carbonyl (C=O) groups excluding carboxylic acids is 1. The molecule has 0 saturated carbocycles. The van der Waals surface area contributed by atoms with Crippen LogP contribution in [-0.2, 0) is 11.3 Å². The smallest absolute Gasteiger partial charge is 0.297 e. The summed E-state index contributed by atoms with van der Waals surface area (Å²) in [7, 11) is 0. The molecule has 0 aliphatic carbocycles. The van der Waals surface area contributed by atoms with Crippen molar-refractivity contribution in [2.24, 2.45) is 0 Å². The highest BCUT2D eigenvalue weighted by Crippen LogP contribution is 2.24. The van der Waals surface area contributed by atoms with Gasteiger partial charge >= 0.3 is 0 Å². The van der Waals surface area contributed by atoms with Gasteiger partial charge in [-0.25, -0.2) is 9.37 Å². The lowest BCUT2D eigenvalue weighted by atomic mass is 10.2. The van der Waals surface area contributed by atoms with E-state index in [9.17, 15) is 19.1 Å². The fraction of sp³-hybridized carbons (Fsp3) is 0.353. The largest absolute Gasteiger partial charge is 0.448 e. The Morgan fingerprint density at radius 3 is 3.00 bits per heavy atom. The number of aromatic nitrogens is 2. The molecule has 8 heteroatoms. The first-order valence-electron chi connectivity index (χ1n) is 7.99. The van der Waals surface area contributed by atoms with E-state index in [0.717, 1.165) is 9.95 Å². The van der Waals surface area contributed by atoms with Crippen LogP contribution in [0.25, 0.3) is 22.1 Å². The lowest BCUT2D eigenvalue weighted by Gasteiger charge is -2.22. The second-order valence-corrected chi connectivity index (χ2v) is 6.17. The number of furan rings is 1. The monoisotopic (exact) mass is 345 g/mol. The minimum Gasteiger partial charge on any atom is -0.448 e. The molecule has 1 saturated heterocycles. The summed E-state index contributed by atoms with van der Waals surface area (Å²) in [4.78, 5) is 30.5. The molecule has 0 bridgehead atoms. The Labute approximate surface area is 141 Å². The third kappa shape index (κ3) is 2.58. The molecule has 1 N–H and O–H groups in total. The molecule has 2 aromatic heterocycles. The summed E-state index contributed by atoms with van der Waals surface area (Å²) in [5.74, 6) is -0.432. The second kappa shape index (κ2) is 5.96. The van der Waals surface area contributed by atoms with Gasteiger partial charge in [-0.2, -0.15) is 0 Å². The standard InChI is InChI=1S/C17H16FN3O4/c18-10-5-11(8-22)21(6-10)14(23)7-20-9-19-15-12-3-1-2-4-13(12)25-16(15)17(20)24/h1-4,9-11,22H,5-8H2/t10-,11-/m0/s1. The molecule has 130 valence electrons. The molecule has 0 spiro atoms. The van der Waals surface area contributed by atoms with Gasteiger partial charge in [0, 0.05) is 11.8 Å². The average Bonchev–Trinajstić information content (AvgIpc) is 3.18. The maximum atomic E-state index is 13.5. The maximum absolute atomic E-state index is 13.5. The molecule has 25 heavy (non-hydrogen) atoms. The first kappa shape index (κ1) is 15.8. The third-order valence-electron chi connectivity index (χ3n) is 4.55. The molecule has 2 atom stereocenters. The van der Waals surface area contributed by atoms with Crippen molar-refractivity contribution < 1.29 is 18.7 Å². The zero-order chi connectivity index (χ0) is 17.6. The first-order chi connectivity index (χ1) is 12.1. The van der Waals surface area contributed by atoms with Crippen LogP contribution in [0.15, 0.2) is 39.8 Å². The number of aliphatic hydroxyl groups excluding tert-OH is 1. The highest BCUT2D eigenvalue weighted by Gasteiger charge is 2.34. The van der Waals surface area contributed by atoms with Crippen molar-refractivity contribution in [2.75, 3.05) is 13.2 Å². The predicted molar refractivity (Wildman–Crippen MR) is 87.9 cm³/mol. The molecule has 7 nitrogen and oxygen atoms in total. The van der Waals surface area contributed by atoms with Gasteiger partial charge in [-0.1, -0.05) is 12.1 Å². The molecule has 1 amide bonds. The van der Waals surface area contributed by atoms with Gasteiger partial charge in [0.15, 0.2) is 0 Å². The summed E-state index contributed by atoms with van der Waals surface area (Å²) in [5.41, 5.74) is 0.611. The van der Waals surface area contributed by atoms with Crippen LogP contribution in [0.4, 0.5) is 4.39 Å².